The van der Waals surface area contributed by atoms with Gasteiger partial charge in [-0.15, -0.1) is 0 Å². The molecule has 1 heterocycles. The second kappa shape index (κ2) is 15.5. The normalized spacial score (nSPS) is 11.9. The van der Waals surface area contributed by atoms with Gasteiger partial charge in [0.25, 0.3) is 35.0 Å². The Kier molecular flexibility index (Phi) is 10.2. The average Bonchev–Trinajstić information content (AvgIpc) is 3.44. The van der Waals surface area contributed by atoms with E-state index < -0.39 is 33.5 Å². The number of nitrogens with zero attached hydrogens (tertiary/aromatic N) is 3. The summed E-state index contributed by atoms with van der Waals surface area (Å²) >= 11 is 2.81. The van der Waals surface area contributed by atoms with Crippen LogP contribution in [0, 0.1) is 20.2 Å². The Hall–Kier alpha value is -7.10. The summed E-state index contributed by atoms with van der Waals surface area (Å²) in [6.45, 7) is 0. The van der Waals surface area contributed by atoms with Crippen molar-refractivity contribution in [1.29, 1.82) is 0 Å². The number of nitro benzene ring substituents is 2. The highest BCUT2D eigenvalue weighted by molar-refractivity contribution is 7.99. The van der Waals surface area contributed by atoms with Crippen LogP contribution in [0.5, 0.6) is 0 Å². The van der Waals surface area contributed by atoms with Crippen molar-refractivity contribution in [3.8, 4) is 0 Å². The summed E-state index contributed by atoms with van der Waals surface area (Å²) in [5.74, 6) is -2.19. The van der Waals surface area contributed by atoms with Gasteiger partial charge in [-0.05, 0) is 109 Å². The smallest absolute Gasteiger partial charge is 0.269 e. The van der Waals surface area contributed by atoms with Crippen LogP contribution in [0.2, 0.25) is 0 Å². The molecule has 0 saturated carbocycles. The zero-order valence-electron chi connectivity index (χ0n) is 28.2. The van der Waals surface area contributed by atoms with Gasteiger partial charge in [0.15, 0.2) is 0 Å². The number of fused-ring (bicyclic) bond motifs is 1. The van der Waals surface area contributed by atoms with Gasteiger partial charge in [0.05, 0.1) is 26.7 Å². The molecule has 1 aliphatic heterocycles. The molecule has 0 fully saturated rings. The quantitative estimate of drug-likeness (QED) is 0.0733. The molecule has 6 aromatic carbocycles. The molecule has 7 rings (SSSR count). The summed E-state index contributed by atoms with van der Waals surface area (Å²) in [5.41, 5.74) is 1.73. The summed E-state index contributed by atoms with van der Waals surface area (Å²) in [6, 6.07) is 36.7. The zero-order chi connectivity index (χ0) is 38.6. The van der Waals surface area contributed by atoms with Crippen LogP contribution in [0.1, 0.15) is 41.4 Å². The number of carbonyl (C=O) groups excluding carboxylic acids is 4. The molecule has 0 radical (unpaired) electrons. The van der Waals surface area contributed by atoms with Crippen LogP contribution in [-0.4, -0.2) is 33.5 Å². The lowest BCUT2D eigenvalue weighted by Crippen LogP contribution is -2.29. The van der Waals surface area contributed by atoms with E-state index in [1.54, 1.807) is 91.0 Å². The van der Waals surface area contributed by atoms with Crippen LogP contribution in [0.4, 0.5) is 28.4 Å². The number of hydrogen-bond acceptors (Lipinski definition) is 10. The van der Waals surface area contributed by atoms with Crippen molar-refractivity contribution in [3.63, 3.8) is 0 Å². The predicted octanol–water partition coefficient (Wildman–Crippen LogP) is 9.11. The van der Waals surface area contributed by atoms with Gasteiger partial charge in [-0.2, -0.15) is 0 Å². The second-order valence-corrected chi connectivity index (χ2v) is 14.2. The number of hydrogen-bond donors (Lipinski definition) is 2. The van der Waals surface area contributed by atoms with E-state index in [4.69, 9.17) is 0 Å². The van der Waals surface area contributed by atoms with Crippen LogP contribution < -0.4 is 15.5 Å². The molecule has 270 valence electrons. The second-order valence-electron chi connectivity index (χ2n) is 11.9. The lowest BCUT2D eigenvalue weighted by molar-refractivity contribution is -0.385. The first-order valence-electron chi connectivity index (χ1n) is 16.3. The number of benzene rings is 6. The molecule has 4 amide bonds. The molecule has 2 N–H and O–H groups in total. The van der Waals surface area contributed by atoms with E-state index in [9.17, 15) is 39.4 Å². The molecule has 0 atom stereocenters. The number of nitrogens with one attached hydrogen (secondary N) is 2. The van der Waals surface area contributed by atoms with Gasteiger partial charge in [0.1, 0.15) is 0 Å². The Morgan fingerprint density at radius 1 is 0.509 bits per heavy atom. The van der Waals surface area contributed by atoms with E-state index >= 15 is 0 Å². The average molecular weight is 768 g/mol. The van der Waals surface area contributed by atoms with Gasteiger partial charge in [-0.1, -0.05) is 29.6 Å². The number of anilines is 3. The molecule has 0 bridgehead atoms. The zero-order valence-corrected chi connectivity index (χ0v) is 29.8. The first-order chi connectivity index (χ1) is 26.5. The van der Waals surface area contributed by atoms with Crippen molar-refractivity contribution >= 4 is 75.6 Å². The Balaban J connectivity index is 0.979. The summed E-state index contributed by atoms with van der Waals surface area (Å²) in [5, 5.41) is 27.4. The Morgan fingerprint density at radius 3 is 1.38 bits per heavy atom. The van der Waals surface area contributed by atoms with Gasteiger partial charge in [0.2, 0.25) is 0 Å². The van der Waals surface area contributed by atoms with Crippen LogP contribution in [-0.2, 0) is 0 Å². The first kappa shape index (κ1) is 36.3. The van der Waals surface area contributed by atoms with Crippen molar-refractivity contribution < 1.29 is 29.0 Å². The fourth-order valence-electron chi connectivity index (χ4n) is 5.57. The molecule has 6 aromatic rings. The SMILES string of the molecule is O=C(Nc1ccc(Sc2ccc([N+](=O)[O-])cc2)cc1)c1cccc(N2C(=O)c3ccc(C(=O)Nc4ccc(Sc5ccc([N+](=O)[O-])cc5)cc4)cc3C2=O)c1. The van der Waals surface area contributed by atoms with E-state index in [-0.39, 0.29) is 39.3 Å². The van der Waals surface area contributed by atoms with Crippen molar-refractivity contribution in [2.75, 3.05) is 15.5 Å². The van der Waals surface area contributed by atoms with Gasteiger partial charge >= 0.3 is 0 Å². The first-order valence-corrected chi connectivity index (χ1v) is 18.0. The van der Waals surface area contributed by atoms with Crippen molar-refractivity contribution in [3.05, 3.63) is 182 Å². The molecule has 0 saturated heterocycles. The van der Waals surface area contributed by atoms with E-state index in [1.165, 1.54) is 72.1 Å². The molecule has 0 spiro atoms. The number of carbonyl (C=O) groups is 4. The van der Waals surface area contributed by atoms with Crippen molar-refractivity contribution in [2.45, 2.75) is 19.6 Å². The summed E-state index contributed by atoms with van der Waals surface area (Å²) in [7, 11) is 0. The van der Waals surface area contributed by atoms with Gasteiger partial charge in [0, 0.05) is 66.3 Å². The summed E-state index contributed by atoms with van der Waals surface area (Å²) in [4.78, 5) is 78.5. The fourth-order valence-corrected chi connectivity index (χ4v) is 7.20. The molecule has 0 aliphatic carbocycles. The Bertz CT molecular complexity index is 2510. The number of rotatable bonds is 11. The molecule has 55 heavy (non-hydrogen) atoms. The van der Waals surface area contributed by atoms with Crippen LogP contribution >= 0.6 is 23.5 Å². The molecule has 1 aliphatic rings. The Labute approximate surface area is 320 Å². The van der Waals surface area contributed by atoms with Crippen LogP contribution in [0.3, 0.4) is 0 Å². The third kappa shape index (κ3) is 8.12. The highest BCUT2D eigenvalue weighted by Crippen LogP contribution is 2.33. The minimum atomic E-state index is -0.638. The van der Waals surface area contributed by atoms with Crippen molar-refractivity contribution in [2.24, 2.45) is 0 Å². The molecule has 0 aromatic heterocycles. The largest absolute Gasteiger partial charge is 0.322 e. The number of nitro groups is 2. The van der Waals surface area contributed by atoms with Crippen molar-refractivity contribution in [1.82, 2.24) is 0 Å². The minimum Gasteiger partial charge on any atom is -0.322 e. The van der Waals surface area contributed by atoms with Crippen LogP contribution in [0.15, 0.2) is 159 Å². The Morgan fingerprint density at radius 2 is 0.927 bits per heavy atom. The standard InChI is InChI=1S/C40H25N5O8S2/c46-37(41-26-5-13-31(14-6-26)54-33-17-9-28(10-18-33)44(50)51)24-2-1-3-30(22-24)43-39(48)35-21-4-25(23-36(35)40(43)49)38(47)42-27-7-15-32(16-8-27)55-34-19-11-29(12-20-34)45(52)53/h1-23H,(H,41,46)(H,42,47). The highest BCUT2D eigenvalue weighted by atomic mass is 32.2. The third-order valence-corrected chi connectivity index (χ3v) is 10.3. The number of imide groups is 1. The molecular weight excluding hydrogens is 743 g/mol. The topological polar surface area (TPSA) is 182 Å². The van der Waals surface area contributed by atoms with Crippen LogP contribution in [0.25, 0.3) is 0 Å². The maximum atomic E-state index is 13.6. The minimum absolute atomic E-state index is 0.00224. The number of amides is 4. The summed E-state index contributed by atoms with van der Waals surface area (Å²) in [6.07, 6.45) is 0. The molecule has 0 unspecified atom stereocenters. The van der Waals surface area contributed by atoms with Gasteiger partial charge in [-0.3, -0.25) is 39.4 Å². The van der Waals surface area contributed by atoms with Gasteiger partial charge in [-0.25, -0.2) is 4.90 Å². The fraction of sp³-hybridized carbons (Fsp3) is 0. The molecular formula is C40H25N5O8S2. The highest BCUT2D eigenvalue weighted by Gasteiger charge is 2.37. The maximum absolute atomic E-state index is 13.6. The lowest BCUT2D eigenvalue weighted by atomic mass is 10.1. The van der Waals surface area contributed by atoms with E-state index in [1.807, 2.05) is 0 Å². The molecule has 15 heteroatoms. The third-order valence-electron chi connectivity index (χ3n) is 8.31. The van der Waals surface area contributed by atoms with Gasteiger partial charge < -0.3 is 10.6 Å². The summed E-state index contributed by atoms with van der Waals surface area (Å²) < 4.78 is 0. The molecule has 13 nitrogen and oxygen atoms in total. The van der Waals surface area contributed by atoms with E-state index in [0.29, 0.717) is 11.4 Å². The predicted molar refractivity (Wildman–Crippen MR) is 207 cm³/mol. The lowest BCUT2D eigenvalue weighted by Gasteiger charge is -2.15. The van der Waals surface area contributed by atoms with E-state index in [0.717, 1.165) is 24.5 Å². The monoisotopic (exact) mass is 767 g/mol. The maximum Gasteiger partial charge on any atom is 0.269 e. The van der Waals surface area contributed by atoms with E-state index in [2.05, 4.69) is 10.6 Å². The number of non-ortho nitro benzene ring substituents is 2.